The second-order valence-corrected chi connectivity index (χ2v) is 4.11. The van der Waals surface area contributed by atoms with Crippen LogP contribution in [0.1, 0.15) is 37.5 Å². The molecule has 0 aliphatic rings. The maximum Gasteiger partial charge on any atom is -0.0161 e. The molecule has 21 heavy (non-hydrogen) atoms. The fraction of sp³-hybridized carbons (Fsp3) is 0.143. The van der Waals surface area contributed by atoms with Crippen molar-refractivity contribution in [3.8, 4) is 0 Å². The van der Waals surface area contributed by atoms with Crippen molar-refractivity contribution in [1.82, 2.24) is 0 Å². The van der Waals surface area contributed by atoms with E-state index in [0.717, 1.165) is 5.57 Å². The van der Waals surface area contributed by atoms with Gasteiger partial charge in [-0.15, -0.1) is 13.2 Å². The van der Waals surface area contributed by atoms with E-state index in [1.54, 1.807) is 0 Å². The monoisotopic (exact) mass is 278 g/mol. The molecular formula is C21H26. The first-order chi connectivity index (χ1) is 10.3. The number of hydrogen-bond acceptors (Lipinski definition) is 0. The molecule has 0 aliphatic heterocycles. The number of allylic oxidation sites excluding steroid dienone is 1. The van der Waals surface area contributed by atoms with E-state index in [2.05, 4.69) is 62.2 Å². The van der Waals surface area contributed by atoms with Crippen LogP contribution in [-0.2, 0) is 0 Å². The summed E-state index contributed by atoms with van der Waals surface area (Å²) < 4.78 is 0. The highest BCUT2D eigenvalue weighted by atomic mass is 14.0. The van der Waals surface area contributed by atoms with Crippen LogP contribution in [0.3, 0.4) is 0 Å². The quantitative estimate of drug-likeness (QED) is 0.432. The second kappa shape index (κ2) is 11.5. The molecule has 0 saturated heterocycles. The van der Waals surface area contributed by atoms with E-state index < -0.39 is 0 Å². The Morgan fingerprint density at radius 1 is 0.810 bits per heavy atom. The molecule has 0 aromatic heterocycles. The Labute approximate surface area is 130 Å². The predicted molar refractivity (Wildman–Crippen MR) is 99.1 cm³/mol. The minimum absolute atomic E-state index is 1.10. The number of rotatable bonds is 3. The molecule has 0 spiro atoms. The van der Waals surface area contributed by atoms with Crippen LogP contribution in [0.2, 0.25) is 0 Å². The molecule has 0 bridgehead atoms. The summed E-state index contributed by atoms with van der Waals surface area (Å²) >= 11 is 0. The van der Waals surface area contributed by atoms with Crippen molar-refractivity contribution in [2.45, 2.75) is 20.8 Å². The first-order valence-electron chi connectivity index (χ1n) is 7.25. The molecule has 0 heterocycles. The normalized spacial score (nSPS) is 9.10. The van der Waals surface area contributed by atoms with Crippen LogP contribution in [0.4, 0.5) is 0 Å². The van der Waals surface area contributed by atoms with Crippen LogP contribution in [0, 0.1) is 0 Å². The lowest BCUT2D eigenvalue weighted by atomic mass is 10.0. The maximum absolute atomic E-state index is 4.01. The van der Waals surface area contributed by atoms with Gasteiger partial charge in [-0.2, -0.15) is 0 Å². The summed E-state index contributed by atoms with van der Waals surface area (Å²) in [6.45, 7) is 16.0. The van der Waals surface area contributed by atoms with Crippen LogP contribution in [0.15, 0.2) is 74.3 Å². The molecule has 2 aromatic carbocycles. The predicted octanol–water partition coefficient (Wildman–Crippen LogP) is 6.72. The van der Waals surface area contributed by atoms with Crippen LogP contribution in [0.25, 0.3) is 17.7 Å². The van der Waals surface area contributed by atoms with Crippen LogP contribution < -0.4 is 0 Å². The Kier molecular flexibility index (Phi) is 10.2. The zero-order chi connectivity index (χ0) is 16.1. The fourth-order valence-electron chi connectivity index (χ4n) is 1.78. The van der Waals surface area contributed by atoms with E-state index >= 15 is 0 Å². The third-order valence-electron chi connectivity index (χ3n) is 2.68. The van der Waals surface area contributed by atoms with E-state index in [9.17, 15) is 0 Å². The van der Waals surface area contributed by atoms with Gasteiger partial charge < -0.3 is 0 Å². The topological polar surface area (TPSA) is 0 Å². The van der Waals surface area contributed by atoms with Crippen LogP contribution in [0.5, 0.6) is 0 Å². The molecular weight excluding hydrogens is 252 g/mol. The summed E-state index contributed by atoms with van der Waals surface area (Å²) in [5, 5.41) is 0. The zero-order valence-electron chi connectivity index (χ0n) is 13.5. The highest BCUT2D eigenvalue weighted by Crippen LogP contribution is 2.19. The molecule has 2 aromatic rings. The van der Waals surface area contributed by atoms with E-state index in [1.807, 2.05) is 45.0 Å². The fourth-order valence-corrected chi connectivity index (χ4v) is 1.78. The minimum atomic E-state index is 1.10. The van der Waals surface area contributed by atoms with Gasteiger partial charge in [-0.1, -0.05) is 92.7 Å². The molecule has 0 radical (unpaired) electrons. The molecule has 2 rings (SSSR count). The van der Waals surface area contributed by atoms with E-state index in [-0.39, 0.29) is 0 Å². The van der Waals surface area contributed by atoms with Gasteiger partial charge in [0, 0.05) is 0 Å². The van der Waals surface area contributed by atoms with Gasteiger partial charge in [-0.25, -0.2) is 0 Å². The summed E-state index contributed by atoms with van der Waals surface area (Å²) in [5.41, 5.74) is 4.73. The van der Waals surface area contributed by atoms with E-state index in [4.69, 9.17) is 0 Å². The van der Waals surface area contributed by atoms with Crippen LogP contribution >= 0.6 is 0 Å². The summed E-state index contributed by atoms with van der Waals surface area (Å²) in [6.07, 6.45) is 4.27. The summed E-state index contributed by atoms with van der Waals surface area (Å²) in [5.74, 6) is 0. The van der Waals surface area contributed by atoms with Gasteiger partial charge >= 0.3 is 0 Å². The smallest absolute Gasteiger partial charge is 0.0161 e. The minimum Gasteiger partial charge on any atom is -0.106 e. The third-order valence-corrected chi connectivity index (χ3v) is 2.68. The largest absolute Gasteiger partial charge is 0.106 e. The molecule has 0 fully saturated rings. The highest BCUT2D eigenvalue weighted by Gasteiger charge is 1.97. The summed E-state index contributed by atoms with van der Waals surface area (Å²) in [4.78, 5) is 0. The Hall–Kier alpha value is -2.34. The molecule has 0 nitrogen and oxygen atoms in total. The van der Waals surface area contributed by atoms with Crippen molar-refractivity contribution in [3.05, 3.63) is 91.0 Å². The van der Waals surface area contributed by atoms with Crippen LogP contribution in [-0.4, -0.2) is 0 Å². The molecule has 0 heteroatoms. The molecule has 0 amide bonds. The lowest BCUT2D eigenvalue weighted by Crippen LogP contribution is -1.83. The average molecular weight is 278 g/mol. The first-order valence-corrected chi connectivity index (χ1v) is 7.25. The molecule has 110 valence electrons. The lowest BCUT2D eigenvalue weighted by molar-refractivity contribution is 1.50. The van der Waals surface area contributed by atoms with Gasteiger partial charge in [-0.3, -0.25) is 0 Å². The summed E-state index contributed by atoms with van der Waals surface area (Å²) in [6, 6.07) is 18.6. The molecule has 0 aliphatic carbocycles. The maximum atomic E-state index is 4.01. The Bertz CT molecular complexity index is 547. The Balaban J connectivity index is 0.000000921. The standard InChI is InChI=1S/C17H16.C2H6.C2H4/c1-14(2)17-11-7-6-10-16(17)13-12-15-8-4-3-5-9-15;2*1-2/h3-13H,1H2,2H3;1-2H3;1-2H2/b13-12+;;. The first kappa shape index (κ1) is 18.7. The number of hydrogen-bond donors (Lipinski definition) is 0. The molecule has 0 atom stereocenters. The van der Waals surface area contributed by atoms with Gasteiger partial charge in [0.1, 0.15) is 0 Å². The van der Waals surface area contributed by atoms with E-state index in [1.165, 1.54) is 16.7 Å². The van der Waals surface area contributed by atoms with Crippen molar-refractivity contribution in [1.29, 1.82) is 0 Å². The average Bonchev–Trinajstić information content (AvgIpc) is 2.58. The van der Waals surface area contributed by atoms with Gasteiger partial charge in [-0.05, 0) is 23.6 Å². The SMILES string of the molecule is C=C.C=C(C)c1ccccc1/C=C/c1ccccc1.CC. The third kappa shape index (κ3) is 6.58. The van der Waals surface area contributed by atoms with E-state index in [0.29, 0.717) is 0 Å². The molecule has 0 N–H and O–H groups in total. The van der Waals surface area contributed by atoms with Crippen molar-refractivity contribution in [3.63, 3.8) is 0 Å². The molecule has 0 saturated carbocycles. The zero-order valence-corrected chi connectivity index (χ0v) is 13.5. The second-order valence-electron chi connectivity index (χ2n) is 4.11. The number of benzene rings is 2. The molecule has 0 unspecified atom stereocenters. The van der Waals surface area contributed by atoms with Crippen molar-refractivity contribution >= 4 is 17.7 Å². The Morgan fingerprint density at radius 2 is 1.33 bits per heavy atom. The van der Waals surface area contributed by atoms with Crippen molar-refractivity contribution < 1.29 is 0 Å². The highest BCUT2D eigenvalue weighted by molar-refractivity contribution is 5.78. The van der Waals surface area contributed by atoms with Crippen molar-refractivity contribution in [2.75, 3.05) is 0 Å². The van der Waals surface area contributed by atoms with Gasteiger partial charge in [0.2, 0.25) is 0 Å². The lowest BCUT2D eigenvalue weighted by Gasteiger charge is -2.04. The van der Waals surface area contributed by atoms with Crippen molar-refractivity contribution in [2.24, 2.45) is 0 Å². The summed E-state index contributed by atoms with van der Waals surface area (Å²) in [7, 11) is 0. The van der Waals surface area contributed by atoms with Gasteiger partial charge in [0.15, 0.2) is 0 Å². The van der Waals surface area contributed by atoms with Gasteiger partial charge in [0.25, 0.3) is 0 Å². The van der Waals surface area contributed by atoms with Gasteiger partial charge in [0.05, 0.1) is 0 Å². The Morgan fingerprint density at radius 3 is 1.90 bits per heavy atom.